The molecule has 5 heteroatoms. The number of rotatable bonds is 9. The van der Waals surface area contributed by atoms with Crippen LogP contribution in [-0.4, -0.2) is 59.7 Å². The van der Waals surface area contributed by atoms with Gasteiger partial charge in [-0.25, -0.2) is 4.98 Å². The van der Waals surface area contributed by atoms with Crippen LogP contribution in [0.1, 0.15) is 31.2 Å². The summed E-state index contributed by atoms with van der Waals surface area (Å²) in [5.41, 5.74) is 1.39. The summed E-state index contributed by atoms with van der Waals surface area (Å²) in [4.78, 5) is 9.55. The van der Waals surface area contributed by atoms with Gasteiger partial charge in [-0.3, -0.25) is 4.90 Å². The van der Waals surface area contributed by atoms with Gasteiger partial charge in [-0.2, -0.15) is 0 Å². The van der Waals surface area contributed by atoms with Crippen molar-refractivity contribution in [2.24, 2.45) is 5.92 Å². The summed E-state index contributed by atoms with van der Waals surface area (Å²) in [5.74, 6) is 2.92. The maximum absolute atomic E-state index is 5.23. The average Bonchev–Trinajstić information content (AvgIpc) is 3.14. The Morgan fingerprint density at radius 1 is 1.19 bits per heavy atom. The maximum atomic E-state index is 5.23. The van der Waals surface area contributed by atoms with Crippen molar-refractivity contribution < 1.29 is 4.74 Å². The highest BCUT2D eigenvalue weighted by Gasteiger charge is 2.20. The van der Waals surface area contributed by atoms with Gasteiger partial charge in [0.05, 0.1) is 13.7 Å². The molecule has 27 heavy (non-hydrogen) atoms. The van der Waals surface area contributed by atoms with Crippen molar-refractivity contribution in [3.8, 4) is 5.75 Å². The molecule has 0 spiro atoms. The van der Waals surface area contributed by atoms with Crippen LogP contribution in [0.25, 0.3) is 0 Å². The molecule has 3 rings (SSSR count). The lowest BCUT2D eigenvalue weighted by Crippen LogP contribution is -2.38. The van der Waals surface area contributed by atoms with E-state index >= 15 is 0 Å². The molecule has 0 atom stereocenters. The third kappa shape index (κ3) is 5.81. The molecular formula is C22H34N4O. The van der Waals surface area contributed by atoms with Crippen LogP contribution >= 0.6 is 0 Å². The number of benzene rings is 1. The first-order valence-electron chi connectivity index (χ1n) is 10.2. The fraction of sp³-hybridized carbons (Fsp3) is 0.591. The molecule has 148 valence electrons. The Bertz CT molecular complexity index is 674. The molecule has 0 amide bonds. The lowest BCUT2D eigenvalue weighted by Gasteiger charge is -2.34. The van der Waals surface area contributed by atoms with Crippen LogP contribution in [0, 0.1) is 5.92 Å². The Hall–Kier alpha value is -1.85. The van der Waals surface area contributed by atoms with Gasteiger partial charge >= 0.3 is 0 Å². The van der Waals surface area contributed by atoms with Crippen molar-refractivity contribution in [1.29, 1.82) is 0 Å². The minimum absolute atomic E-state index is 0.803. The van der Waals surface area contributed by atoms with Crippen molar-refractivity contribution >= 4 is 0 Å². The number of aryl methyl sites for hydroxylation is 1. The Kier molecular flexibility index (Phi) is 7.30. The quantitative estimate of drug-likeness (QED) is 0.678. The second-order valence-electron chi connectivity index (χ2n) is 7.71. The largest absolute Gasteiger partial charge is 0.497 e. The van der Waals surface area contributed by atoms with Crippen LogP contribution in [0.3, 0.4) is 0 Å². The Morgan fingerprint density at radius 3 is 2.59 bits per heavy atom. The van der Waals surface area contributed by atoms with E-state index in [0.717, 1.165) is 37.7 Å². The van der Waals surface area contributed by atoms with Crippen molar-refractivity contribution in [3.05, 3.63) is 48.0 Å². The zero-order chi connectivity index (χ0) is 19.1. The molecule has 0 unspecified atom stereocenters. The summed E-state index contributed by atoms with van der Waals surface area (Å²) in [6, 6.07) is 8.48. The predicted molar refractivity (Wildman–Crippen MR) is 110 cm³/mol. The van der Waals surface area contributed by atoms with E-state index in [9.17, 15) is 0 Å². The molecule has 1 aromatic heterocycles. The van der Waals surface area contributed by atoms with Gasteiger partial charge in [0, 0.05) is 32.0 Å². The molecule has 1 saturated heterocycles. The highest BCUT2D eigenvalue weighted by atomic mass is 16.5. The number of ether oxygens (including phenoxy) is 1. The molecule has 0 aliphatic carbocycles. The molecule has 1 aliphatic heterocycles. The number of imidazole rings is 1. The molecule has 2 heterocycles. The van der Waals surface area contributed by atoms with Crippen molar-refractivity contribution in [2.75, 3.05) is 40.3 Å². The Balaban J connectivity index is 1.36. The number of hydrogen-bond acceptors (Lipinski definition) is 4. The van der Waals surface area contributed by atoms with E-state index < -0.39 is 0 Å². The van der Waals surface area contributed by atoms with Gasteiger partial charge < -0.3 is 14.2 Å². The van der Waals surface area contributed by atoms with Crippen LogP contribution < -0.4 is 4.74 Å². The standard InChI is InChI=1S/C22H34N4O/c1-4-26-16-12-23-22(26)18-24(2)17-20-10-14-25(15-11-20)13-9-19-5-7-21(27-3)8-6-19/h5-8,12,16,20H,4,9-11,13-15,17-18H2,1-3H3. The summed E-state index contributed by atoms with van der Waals surface area (Å²) in [6.07, 6.45) is 7.71. The first kappa shape index (κ1) is 19.9. The fourth-order valence-electron chi connectivity index (χ4n) is 4.00. The smallest absolute Gasteiger partial charge is 0.122 e. The predicted octanol–water partition coefficient (Wildman–Crippen LogP) is 3.30. The van der Waals surface area contributed by atoms with Gasteiger partial charge in [0.2, 0.25) is 0 Å². The third-order valence-electron chi connectivity index (χ3n) is 5.71. The zero-order valence-corrected chi connectivity index (χ0v) is 17.1. The summed E-state index contributed by atoms with van der Waals surface area (Å²) in [5, 5.41) is 0. The molecule has 1 aliphatic rings. The maximum Gasteiger partial charge on any atom is 0.122 e. The summed E-state index contributed by atoms with van der Waals surface area (Å²) in [7, 11) is 3.94. The molecule has 0 N–H and O–H groups in total. The van der Waals surface area contributed by atoms with E-state index in [-0.39, 0.29) is 0 Å². The molecule has 0 radical (unpaired) electrons. The second kappa shape index (κ2) is 9.90. The van der Waals surface area contributed by atoms with Crippen LogP contribution in [-0.2, 0) is 19.5 Å². The molecule has 2 aromatic rings. The summed E-state index contributed by atoms with van der Waals surface area (Å²) >= 11 is 0. The normalized spacial score (nSPS) is 16.1. The molecule has 1 aromatic carbocycles. The number of likely N-dealkylation sites (tertiary alicyclic amines) is 1. The van der Waals surface area contributed by atoms with Gasteiger partial charge in [0.1, 0.15) is 11.6 Å². The molecule has 0 saturated carbocycles. The SMILES string of the molecule is CCn1ccnc1CN(C)CC1CCN(CCc2ccc(OC)cc2)CC1. The van der Waals surface area contributed by atoms with Gasteiger partial charge in [-0.1, -0.05) is 12.1 Å². The number of aromatic nitrogens is 2. The molecule has 0 bridgehead atoms. The Labute approximate surface area is 163 Å². The highest BCUT2D eigenvalue weighted by Crippen LogP contribution is 2.19. The Morgan fingerprint density at radius 2 is 1.93 bits per heavy atom. The minimum atomic E-state index is 0.803. The second-order valence-corrected chi connectivity index (χ2v) is 7.71. The number of nitrogens with zero attached hydrogens (tertiary/aromatic N) is 4. The first-order chi connectivity index (χ1) is 13.2. The molecular weight excluding hydrogens is 336 g/mol. The van der Waals surface area contributed by atoms with Crippen LogP contribution in [0.5, 0.6) is 5.75 Å². The van der Waals surface area contributed by atoms with Gasteiger partial charge in [-0.15, -0.1) is 0 Å². The highest BCUT2D eigenvalue weighted by molar-refractivity contribution is 5.27. The lowest BCUT2D eigenvalue weighted by molar-refractivity contribution is 0.152. The fourth-order valence-corrected chi connectivity index (χ4v) is 4.00. The van der Waals surface area contributed by atoms with Crippen molar-refractivity contribution in [3.63, 3.8) is 0 Å². The van der Waals surface area contributed by atoms with E-state index in [1.807, 2.05) is 6.20 Å². The minimum Gasteiger partial charge on any atom is -0.497 e. The van der Waals surface area contributed by atoms with E-state index in [1.54, 1.807) is 7.11 Å². The molecule has 1 fully saturated rings. The zero-order valence-electron chi connectivity index (χ0n) is 17.1. The van der Waals surface area contributed by atoms with Gasteiger partial charge in [-0.05, 0) is 69.9 Å². The first-order valence-corrected chi connectivity index (χ1v) is 10.2. The van der Waals surface area contributed by atoms with Crippen LogP contribution in [0.15, 0.2) is 36.7 Å². The third-order valence-corrected chi connectivity index (χ3v) is 5.71. The topological polar surface area (TPSA) is 33.5 Å². The lowest BCUT2D eigenvalue weighted by atomic mass is 9.96. The van der Waals surface area contributed by atoms with E-state index in [4.69, 9.17) is 4.74 Å². The van der Waals surface area contributed by atoms with Crippen LogP contribution in [0.2, 0.25) is 0 Å². The summed E-state index contributed by atoms with van der Waals surface area (Å²) in [6.45, 7) is 8.88. The monoisotopic (exact) mass is 370 g/mol. The van der Waals surface area contributed by atoms with Gasteiger partial charge in [0.25, 0.3) is 0 Å². The number of methoxy groups -OCH3 is 1. The van der Waals surface area contributed by atoms with E-state index in [0.29, 0.717) is 0 Å². The van der Waals surface area contributed by atoms with E-state index in [1.165, 1.54) is 43.9 Å². The van der Waals surface area contributed by atoms with Crippen molar-refractivity contribution in [1.82, 2.24) is 19.4 Å². The van der Waals surface area contributed by atoms with Crippen molar-refractivity contribution in [2.45, 2.75) is 39.3 Å². The van der Waals surface area contributed by atoms with Gasteiger partial charge in [0.15, 0.2) is 0 Å². The van der Waals surface area contributed by atoms with Crippen LogP contribution in [0.4, 0.5) is 0 Å². The van der Waals surface area contributed by atoms with E-state index in [2.05, 4.69) is 63.8 Å². The average molecular weight is 371 g/mol. The molecule has 5 nitrogen and oxygen atoms in total. The number of piperidine rings is 1. The summed E-state index contributed by atoms with van der Waals surface area (Å²) < 4.78 is 7.47. The number of hydrogen-bond donors (Lipinski definition) is 0.